The molecule has 0 aromatic heterocycles. The van der Waals surface area contributed by atoms with E-state index in [1.165, 1.54) is 12.1 Å². The Morgan fingerprint density at radius 2 is 2.05 bits per heavy atom. The Labute approximate surface area is 107 Å². The van der Waals surface area contributed by atoms with Crippen LogP contribution in [0.2, 0.25) is 0 Å². The van der Waals surface area contributed by atoms with Crippen molar-refractivity contribution in [2.75, 3.05) is 6.54 Å². The number of hydrogen-bond donors (Lipinski definition) is 1. The Balaban J connectivity index is 2.30. The van der Waals surface area contributed by atoms with Crippen molar-refractivity contribution in [3.8, 4) is 0 Å². The predicted molar refractivity (Wildman–Crippen MR) is 62.1 cm³/mol. The molecule has 0 spiro atoms. The van der Waals surface area contributed by atoms with Crippen LogP contribution < -0.4 is 5.32 Å². The van der Waals surface area contributed by atoms with Gasteiger partial charge < -0.3 is 5.32 Å². The van der Waals surface area contributed by atoms with Gasteiger partial charge in [0.1, 0.15) is 6.42 Å². The fourth-order valence-electron chi connectivity index (χ4n) is 2.04. The average Bonchev–Trinajstić information content (AvgIpc) is 2.49. The predicted octanol–water partition coefficient (Wildman–Crippen LogP) is 2.50. The highest BCUT2D eigenvalue weighted by Crippen LogP contribution is 2.24. The zero-order valence-corrected chi connectivity index (χ0v) is 10.0. The van der Waals surface area contributed by atoms with E-state index >= 15 is 0 Å². The Hall–Kier alpha value is -1.85. The van der Waals surface area contributed by atoms with Gasteiger partial charge in [-0.1, -0.05) is 12.1 Å². The van der Waals surface area contributed by atoms with E-state index in [0.717, 1.165) is 12.0 Å². The van der Waals surface area contributed by atoms with E-state index in [1.54, 1.807) is 6.07 Å². The summed E-state index contributed by atoms with van der Waals surface area (Å²) in [4.78, 5) is 23.2. The van der Waals surface area contributed by atoms with Crippen LogP contribution in [0.3, 0.4) is 0 Å². The van der Waals surface area contributed by atoms with E-state index in [9.17, 15) is 22.8 Å². The molecule has 3 nitrogen and oxygen atoms in total. The number of Topliss-reactive ketones (excluding diaryl/α,β-unsaturated/α-hetero) is 1. The maximum absolute atomic E-state index is 12.2. The van der Waals surface area contributed by atoms with Crippen LogP contribution in [-0.4, -0.2) is 24.4 Å². The van der Waals surface area contributed by atoms with Crippen LogP contribution >= 0.6 is 0 Å². The molecule has 0 atom stereocenters. The molecule has 102 valence electrons. The number of ketones is 1. The van der Waals surface area contributed by atoms with Gasteiger partial charge in [-0.25, -0.2) is 0 Å². The molecule has 1 heterocycles. The number of benzene rings is 1. The number of amides is 1. The minimum Gasteiger partial charge on any atom is -0.352 e. The molecule has 2 rings (SSSR count). The quantitative estimate of drug-likeness (QED) is 0.840. The second-order valence-corrected chi connectivity index (χ2v) is 4.45. The number of fused-ring (bicyclic) bond motifs is 1. The molecule has 1 aliphatic heterocycles. The molecule has 6 heteroatoms. The van der Waals surface area contributed by atoms with Gasteiger partial charge in [0.15, 0.2) is 5.78 Å². The second-order valence-electron chi connectivity index (χ2n) is 4.45. The number of carbonyl (C=O) groups excluding carboxylic acids is 2. The lowest BCUT2D eigenvalue weighted by Gasteiger charge is -2.09. The Morgan fingerprint density at radius 1 is 1.32 bits per heavy atom. The lowest BCUT2D eigenvalue weighted by atomic mass is 9.98. The largest absolute Gasteiger partial charge is 0.396 e. The van der Waals surface area contributed by atoms with Crippen LogP contribution in [0.4, 0.5) is 13.2 Å². The van der Waals surface area contributed by atoms with Crippen molar-refractivity contribution >= 4 is 11.7 Å². The number of nitrogens with one attached hydrogen (secondary N) is 1. The average molecular weight is 271 g/mol. The van der Waals surface area contributed by atoms with Gasteiger partial charge in [0.25, 0.3) is 5.91 Å². The first-order valence-electron chi connectivity index (χ1n) is 5.88. The van der Waals surface area contributed by atoms with Crippen LogP contribution in [0.1, 0.15) is 39.1 Å². The minimum absolute atomic E-state index is 0.0758. The van der Waals surface area contributed by atoms with Gasteiger partial charge in [-0.15, -0.1) is 0 Å². The smallest absolute Gasteiger partial charge is 0.352 e. The monoisotopic (exact) mass is 271 g/mol. The molecule has 1 aromatic rings. The van der Waals surface area contributed by atoms with E-state index in [0.29, 0.717) is 18.5 Å². The molecule has 1 N–H and O–H groups in total. The van der Waals surface area contributed by atoms with Crippen molar-refractivity contribution in [2.45, 2.75) is 25.4 Å². The third kappa shape index (κ3) is 3.33. The van der Waals surface area contributed by atoms with Crippen molar-refractivity contribution in [1.82, 2.24) is 5.32 Å². The van der Waals surface area contributed by atoms with Crippen LogP contribution in [-0.2, 0) is 6.42 Å². The summed E-state index contributed by atoms with van der Waals surface area (Å²) in [6.07, 6.45) is -4.60. The molecular weight excluding hydrogens is 259 g/mol. The number of halogens is 3. The van der Waals surface area contributed by atoms with Crippen LogP contribution in [0.5, 0.6) is 0 Å². The molecule has 0 saturated carbocycles. The number of aryl methyl sites for hydroxylation is 1. The fourth-order valence-corrected chi connectivity index (χ4v) is 2.04. The SMILES string of the molecule is O=C(CC(F)(F)F)c1ccc2c(c1)C(=O)NCCC2. The van der Waals surface area contributed by atoms with E-state index < -0.39 is 18.4 Å². The van der Waals surface area contributed by atoms with Gasteiger partial charge >= 0.3 is 6.18 Å². The molecule has 0 fully saturated rings. The summed E-state index contributed by atoms with van der Waals surface area (Å²) in [5, 5.41) is 2.64. The molecule has 0 bridgehead atoms. The highest BCUT2D eigenvalue weighted by Gasteiger charge is 2.32. The van der Waals surface area contributed by atoms with Crippen molar-refractivity contribution in [3.05, 3.63) is 34.9 Å². The minimum atomic E-state index is -4.54. The first-order valence-corrected chi connectivity index (χ1v) is 5.88. The Bertz CT molecular complexity index is 523. The zero-order chi connectivity index (χ0) is 14.0. The molecule has 1 amide bonds. The highest BCUT2D eigenvalue weighted by atomic mass is 19.4. The first kappa shape index (κ1) is 13.6. The molecule has 0 saturated heterocycles. The van der Waals surface area contributed by atoms with Crippen LogP contribution in [0, 0.1) is 0 Å². The van der Waals surface area contributed by atoms with Gasteiger partial charge in [0.05, 0.1) is 0 Å². The van der Waals surface area contributed by atoms with Gasteiger partial charge in [-0.05, 0) is 24.5 Å². The van der Waals surface area contributed by atoms with Gasteiger partial charge in [-0.3, -0.25) is 9.59 Å². The number of hydrogen-bond acceptors (Lipinski definition) is 2. The van der Waals surface area contributed by atoms with E-state index in [4.69, 9.17) is 0 Å². The molecule has 1 aromatic carbocycles. The normalized spacial score (nSPS) is 15.4. The molecule has 19 heavy (non-hydrogen) atoms. The summed E-state index contributed by atoms with van der Waals surface area (Å²) >= 11 is 0. The Kier molecular flexibility index (Phi) is 3.59. The topological polar surface area (TPSA) is 46.2 Å². The number of rotatable bonds is 2. The lowest BCUT2D eigenvalue weighted by molar-refractivity contribution is -0.125. The summed E-state index contributed by atoms with van der Waals surface area (Å²) in [5.41, 5.74) is 0.984. The standard InChI is InChI=1S/C13H12F3NO2/c14-13(15,16)7-11(18)9-4-3-8-2-1-5-17-12(19)10(8)6-9/h3-4,6H,1-2,5,7H2,(H,17,19). The Morgan fingerprint density at radius 3 is 2.74 bits per heavy atom. The van der Waals surface area contributed by atoms with Crippen LogP contribution in [0.25, 0.3) is 0 Å². The number of carbonyl (C=O) groups is 2. The summed E-state index contributed by atoms with van der Waals surface area (Å²) in [7, 11) is 0. The fraction of sp³-hybridized carbons (Fsp3) is 0.385. The third-order valence-corrected chi connectivity index (χ3v) is 2.95. The van der Waals surface area contributed by atoms with Crippen molar-refractivity contribution in [2.24, 2.45) is 0 Å². The molecule has 0 radical (unpaired) electrons. The molecule has 0 aliphatic carbocycles. The van der Waals surface area contributed by atoms with Crippen molar-refractivity contribution in [1.29, 1.82) is 0 Å². The van der Waals surface area contributed by atoms with E-state index in [-0.39, 0.29) is 11.5 Å². The first-order chi connectivity index (χ1) is 8.87. The number of alkyl halides is 3. The maximum Gasteiger partial charge on any atom is 0.396 e. The highest BCUT2D eigenvalue weighted by molar-refractivity contribution is 6.01. The van der Waals surface area contributed by atoms with Gasteiger partial charge in [0, 0.05) is 17.7 Å². The molecule has 1 aliphatic rings. The molecular formula is C13H12F3NO2. The van der Waals surface area contributed by atoms with Crippen LogP contribution in [0.15, 0.2) is 18.2 Å². The summed E-state index contributed by atoms with van der Waals surface area (Å²) in [6, 6.07) is 4.17. The summed E-state index contributed by atoms with van der Waals surface area (Å²) in [5.74, 6) is -1.36. The summed E-state index contributed by atoms with van der Waals surface area (Å²) in [6.45, 7) is 0.527. The van der Waals surface area contributed by atoms with E-state index in [1.807, 2.05) is 0 Å². The van der Waals surface area contributed by atoms with E-state index in [2.05, 4.69) is 5.32 Å². The molecule has 0 unspecified atom stereocenters. The zero-order valence-electron chi connectivity index (χ0n) is 10.0. The van der Waals surface area contributed by atoms with Crippen molar-refractivity contribution < 1.29 is 22.8 Å². The lowest BCUT2D eigenvalue weighted by Crippen LogP contribution is -2.23. The van der Waals surface area contributed by atoms with Gasteiger partial charge in [-0.2, -0.15) is 13.2 Å². The summed E-state index contributed by atoms with van der Waals surface area (Å²) < 4.78 is 36.5. The van der Waals surface area contributed by atoms with Gasteiger partial charge in [0.2, 0.25) is 0 Å². The second kappa shape index (κ2) is 5.03. The maximum atomic E-state index is 12.2. The van der Waals surface area contributed by atoms with Crippen molar-refractivity contribution in [3.63, 3.8) is 0 Å². The third-order valence-electron chi connectivity index (χ3n) is 2.95.